The first-order valence-corrected chi connectivity index (χ1v) is 7.89. The molecule has 2 heteroatoms. The van der Waals surface area contributed by atoms with Crippen molar-refractivity contribution in [2.45, 2.75) is 65.0 Å². The van der Waals surface area contributed by atoms with Gasteiger partial charge in [-0.1, -0.05) is 38.1 Å². The summed E-state index contributed by atoms with van der Waals surface area (Å²) in [6.45, 7) is 7.14. The molecule has 0 aromatic heterocycles. The monoisotopic (exact) mass is 273 g/mol. The van der Waals surface area contributed by atoms with E-state index in [1.165, 1.54) is 11.1 Å². The fourth-order valence-electron chi connectivity index (χ4n) is 3.03. The fraction of sp³-hybridized carbons (Fsp3) is 0.611. The average molecular weight is 273 g/mol. The average Bonchev–Trinajstić information content (AvgIpc) is 2.46. The molecule has 2 nitrogen and oxygen atoms in total. The lowest BCUT2D eigenvalue weighted by molar-refractivity contribution is -0.121. The molecule has 110 valence electrons. The maximum absolute atomic E-state index is 11.4. The van der Waals surface area contributed by atoms with E-state index < -0.39 is 0 Å². The third kappa shape index (κ3) is 4.17. The number of carbonyl (C=O) groups is 1. The van der Waals surface area contributed by atoms with Crippen molar-refractivity contribution in [3.05, 3.63) is 35.4 Å². The Bertz CT molecular complexity index is 444. The number of nitrogens with one attached hydrogen (secondary N) is 1. The Labute approximate surface area is 123 Å². The van der Waals surface area contributed by atoms with Crippen LogP contribution >= 0.6 is 0 Å². The molecular formula is C18H27NO. The molecule has 1 saturated carbocycles. The molecule has 1 aliphatic rings. The van der Waals surface area contributed by atoms with Gasteiger partial charge in [-0.2, -0.15) is 0 Å². The van der Waals surface area contributed by atoms with Crippen LogP contribution in [0.1, 0.15) is 63.5 Å². The van der Waals surface area contributed by atoms with Gasteiger partial charge in [0.05, 0.1) is 0 Å². The summed E-state index contributed by atoms with van der Waals surface area (Å²) in [6, 6.07) is 9.43. The SMILES string of the molecule is CC(=O)C1CCC(NCc2cccc(C(C)C)c2)CC1. The summed E-state index contributed by atoms with van der Waals surface area (Å²) in [5, 5.41) is 3.65. The molecule has 0 amide bonds. The first kappa shape index (κ1) is 15.2. The fourth-order valence-corrected chi connectivity index (χ4v) is 3.03. The van der Waals surface area contributed by atoms with Crippen LogP contribution in [0.5, 0.6) is 0 Å². The Morgan fingerprint density at radius 1 is 1.25 bits per heavy atom. The summed E-state index contributed by atoms with van der Waals surface area (Å²) in [4.78, 5) is 11.4. The molecule has 0 aliphatic heterocycles. The van der Waals surface area contributed by atoms with Crippen LogP contribution in [-0.2, 0) is 11.3 Å². The van der Waals surface area contributed by atoms with E-state index in [4.69, 9.17) is 0 Å². The minimum absolute atomic E-state index is 0.317. The number of rotatable bonds is 5. The van der Waals surface area contributed by atoms with Gasteiger partial charge in [0.1, 0.15) is 5.78 Å². The molecule has 1 aromatic rings. The van der Waals surface area contributed by atoms with Crippen LogP contribution in [0.15, 0.2) is 24.3 Å². The number of carbonyl (C=O) groups excluding carboxylic acids is 1. The van der Waals surface area contributed by atoms with Crippen LogP contribution in [0.3, 0.4) is 0 Å². The first-order valence-electron chi connectivity index (χ1n) is 7.89. The highest BCUT2D eigenvalue weighted by Gasteiger charge is 2.23. The third-order valence-corrected chi connectivity index (χ3v) is 4.51. The molecular weight excluding hydrogens is 246 g/mol. The van der Waals surface area contributed by atoms with Crippen LogP contribution in [0.2, 0.25) is 0 Å². The quantitative estimate of drug-likeness (QED) is 0.877. The highest BCUT2D eigenvalue weighted by Crippen LogP contribution is 2.25. The van der Waals surface area contributed by atoms with Crippen LogP contribution in [-0.4, -0.2) is 11.8 Å². The lowest BCUT2D eigenvalue weighted by atomic mass is 9.84. The molecule has 0 bridgehead atoms. The lowest BCUT2D eigenvalue weighted by Gasteiger charge is -2.28. The van der Waals surface area contributed by atoms with Crippen molar-refractivity contribution >= 4 is 5.78 Å². The summed E-state index contributed by atoms with van der Waals surface area (Å²) >= 11 is 0. The van der Waals surface area contributed by atoms with Gasteiger partial charge in [-0.3, -0.25) is 4.79 Å². The van der Waals surface area contributed by atoms with E-state index in [0.29, 0.717) is 23.7 Å². The normalized spacial score (nSPS) is 23.0. The van der Waals surface area contributed by atoms with E-state index in [1.54, 1.807) is 6.92 Å². The molecule has 1 aromatic carbocycles. The zero-order valence-electron chi connectivity index (χ0n) is 13.0. The standard InChI is InChI=1S/C18H27NO/c1-13(2)17-6-4-5-15(11-17)12-19-18-9-7-16(8-10-18)14(3)20/h4-6,11,13,16,18-19H,7-10,12H2,1-3H3. The third-order valence-electron chi connectivity index (χ3n) is 4.51. The van der Waals surface area contributed by atoms with Crippen LogP contribution in [0.25, 0.3) is 0 Å². The van der Waals surface area contributed by atoms with Gasteiger partial charge in [0.25, 0.3) is 0 Å². The molecule has 0 spiro atoms. The maximum Gasteiger partial charge on any atom is 0.132 e. The largest absolute Gasteiger partial charge is 0.310 e. The van der Waals surface area contributed by atoms with Crippen molar-refractivity contribution in [2.75, 3.05) is 0 Å². The van der Waals surface area contributed by atoms with Crippen molar-refractivity contribution in [3.8, 4) is 0 Å². The highest BCUT2D eigenvalue weighted by atomic mass is 16.1. The molecule has 0 saturated heterocycles. The summed E-state index contributed by atoms with van der Waals surface area (Å²) in [5.41, 5.74) is 2.77. The second kappa shape index (κ2) is 7.03. The van der Waals surface area contributed by atoms with Gasteiger partial charge < -0.3 is 5.32 Å². The van der Waals surface area contributed by atoms with E-state index in [1.807, 2.05) is 0 Å². The zero-order valence-corrected chi connectivity index (χ0v) is 13.0. The molecule has 1 fully saturated rings. The van der Waals surface area contributed by atoms with Crippen molar-refractivity contribution < 1.29 is 4.79 Å². The smallest absolute Gasteiger partial charge is 0.132 e. The topological polar surface area (TPSA) is 29.1 Å². The second-order valence-electron chi connectivity index (χ2n) is 6.44. The van der Waals surface area contributed by atoms with Gasteiger partial charge in [0, 0.05) is 18.5 Å². The molecule has 1 aliphatic carbocycles. The number of Topliss-reactive ketones (excluding diaryl/α,β-unsaturated/α-hetero) is 1. The molecule has 0 atom stereocenters. The van der Waals surface area contributed by atoms with E-state index in [0.717, 1.165) is 32.2 Å². The maximum atomic E-state index is 11.4. The van der Waals surface area contributed by atoms with Gasteiger partial charge in [-0.05, 0) is 49.7 Å². The van der Waals surface area contributed by atoms with Crippen molar-refractivity contribution in [2.24, 2.45) is 5.92 Å². The number of hydrogen-bond donors (Lipinski definition) is 1. The minimum atomic E-state index is 0.317. The molecule has 0 unspecified atom stereocenters. The van der Waals surface area contributed by atoms with Gasteiger partial charge in [-0.15, -0.1) is 0 Å². The van der Waals surface area contributed by atoms with Gasteiger partial charge in [0.2, 0.25) is 0 Å². The van der Waals surface area contributed by atoms with Crippen LogP contribution in [0, 0.1) is 5.92 Å². The number of hydrogen-bond acceptors (Lipinski definition) is 2. The van der Waals surface area contributed by atoms with Gasteiger partial charge in [0.15, 0.2) is 0 Å². The molecule has 0 heterocycles. The van der Waals surface area contributed by atoms with Crippen LogP contribution < -0.4 is 5.32 Å². The summed E-state index contributed by atoms with van der Waals surface area (Å²) in [5.74, 6) is 1.27. The Balaban J connectivity index is 1.81. The molecule has 20 heavy (non-hydrogen) atoms. The zero-order chi connectivity index (χ0) is 14.5. The molecule has 0 radical (unpaired) electrons. The lowest BCUT2D eigenvalue weighted by Crippen LogP contribution is -2.34. The summed E-state index contributed by atoms with van der Waals surface area (Å²) < 4.78 is 0. The predicted molar refractivity (Wildman–Crippen MR) is 83.8 cm³/mol. The van der Waals surface area contributed by atoms with E-state index in [9.17, 15) is 4.79 Å². The summed E-state index contributed by atoms with van der Waals surface area (Å²) in [6.07, 6.45) is 4.38. The highest BCUT2D eigenvalue weighted by molar-refractivity contribution is 5.78. The Kier molecular flexibility index (Phi) is 5.36. The molecule has 2 rings (SSSR count). The second-order valence-corrected chi connectivity index (χ2v) is 6.44. The Morgan fingerprint density at radius 2 is 1.95 bits per heavy atom. The minimum Gasteiger partial charge on any atom is -0.310 e. The number of ketones is 1. The predicted octanol–water partition coefficient (Wildman–Crippen LogP) is 4.05. The molecule has 1 N–H and O–H groups in total. The summed E-state index contributed by atoms with van der Waals surface area (Å²) in [7, 11) is 0. The van der Waals surface area contributed by atoms with E-state index in [-0.39, 0.29) is 0 Å². The van der Waals surface area contributed by atoms with E-state index >= 15 is 0 Å². The number of benzene rings is 1. The van der Waals surface area contributed by atoms with Crippen molar-refractivity contribution in [3.63, 3.8) is 0 Å². The van der Waals surface area contributed by atoms with Gasteiger partial charge in [-0.25, -0.2) is 0 Å². The van der Waals surface area contributed by atoms with Crippen molar-refractivity contribution in [1.82, 2.24) is 5.32 Å². The Hall–Kier alpha value is -1.15. The first-order chi connectivity index (χ1) is 9.56. The Morgan fingerprint density at radius 3 is 2.55 bits per heavy atom. The van der Waals surface area contributed by atoms with E-state index in [2.05, 4.69) is 43.4 Å². The van der Waals surface area contributed by atoms with Gasteiger partial charge >= 0.3 is 0 Å². The van der Waals surface area contributed by atoms with Crippen LogP contribution in [0.4, 0.5) is 0 Å². The van der Waals surface area contributed by atoms with Crippen molar-refractivity contribution in [1.29, 1.82) is 0 Å².